The molecule has 1 aliphatic heterocycles. The fourth-order valence-electron chi connectivity index (χ4n) is 5.00. The van der Waals surface area contributed by atoms with Gasteiger partial charge in [0.2, 0.25) is 0 Å². The van der Waals surface area contributed by atoms with Crippen molar-refractivity contribution >= 4 is 39.2 Å². The number of nitrogens with zero attached hydrogens (tertiary/aromatic N) is 3. The normalized spacial score (nSPS) is 14.7. The summed E-state index contributed by atoms with van der Waals surface area (Å²) in [5, 5.41) is 1.41. The van der Waals surface area contributed by atoms with Crippen LogP contribution in [0.5, 0.6) is 0 Å². The van der Waals surface area contributed by atoms with Crippen LogP contribution in [0.4, 0.5) is 5.69 Å². The van der Waals surface area contributed by atoms with Gasteiger partial charge in [-0.2, -0.15) is 0 Å². The molecule has 0 bridgehead atoms. The van der Waals surface area contributed by atoms with Gasteiger partial charge in [-0.25, -0.2) is 9.66 Å². The topological polar surface area (TPSA) is 101 Å². The molecule has 0 radical (unpaired) electrons. The maximum absolute atomic E-state index is 13.9. The van der Waals surface area contributed by atoms with Crippen LogP contribution in [0.2, 0.25) is 5.02 Å². The summed E-state index contributed by atoms with van der Waals surface area (Å²) < 4.78 is 7.06. The minimum absolute atomic E-state index is 0.156. The predicted octanol–water partition coefficient (Wildman–Crippen LogP) is 4.15. The minimum Gasteiger partial charge on any atom is -0.378 e. The lowest BCUT2D eigenvalue weighted by Crippen LogP contribution is -2.41. The average Bonchev–Trinajstić information content (AvgIpc) is 3.38. The highest BCUT2D eigenvalue weighted by Gasteiger charge is 2.18. The highest BCUT2D eigenvalue weighted by molar-refractivity contribution is 6.31. The molecule has 0 unspecified atom stereocenters. The summed E-state index contributed by atoms with van der Waals surface area (Å²) in [7, 11) is 0. The molecule has 38 heavy (non-hydrogen) atoms. The number of hydrogen-bond acceptors (Lipinski definition) is 6. The molecule has 0 amide bonds. The number of anilines is 1. The largest absolute Gasteiger partial charge is 0.378 e. The highest BCUT2D eigenvalue weighted by Crippen LogP contribution is 2.26. The molecule has 1 aliphatic rings. The van der Waals surface area contributed by atoms with E-state index in [1.54, 1.807) is 10.7 Å². The minimum atomic E-state index is -0.209. The van der Waals surface area contributed by atoms with Crippen molar-refractivity contribution in [2.24, 2.45) is 5.73 Å². The highest BCUT2D eigenvalue weighted by atomic mass is 35.5. The third-order valence-electron chi connectivity index (χ3n) is 6.98. The second kappa shape index (κ2) is 10.5. The number of halogens is 1. The van der Waals surface area contributed by atoms with Crippen LogP contribution >= 0.6 is 11.6 Å². The van der Waals surface area contributed by atoms with E-state index in [1.165, 1.54) is 0 Å². The van der Waals surface area contributed by atoms with E-state index >= 15 is 0 Å². The first-order chi connectivity index (χ1) is 18.6. The second-order valence-corrected chi connectivity index (χ2v) is 9.98. The van der Waals surface area contributed by atoms with Crippen LogP contribution in [0.3, 0.4) is 0 Å². The van der Waals surface area contributed by atoms with Gasteiger partial charge >= 0.3 is 0 Å². The van der Waals surface area contributed by atoms with E-state index in [-0.39, 0.29) is 11.6 Å². The Kier molecular flexibility index (Phi) is 6.76. The molecule has 1 atom stereocenters. The van der Waals surface area contributed by atoms with Gasteiger partial charge in [0.1, 0.15) is 5.82 Å². The number of fused-ring (bicyclic) bond motifs is 2. The number of aromatic amines is 1. The Balaban J connectivity index is 1.41. The van der Waals surface area contributed by atoms with Gasteiger partial charge in [0.25, 0.3) is 5.56 Å². The molecule has 2 aromatic heterocycles. The van der Waals surface area contributed by atoms with E-state index < -0.39 is 0 Å². The van der Waals surface area contributed by atoms with Gasteiger partial charge < -0.3 is 25.8 Å². The van der Waals surface area contributed by atoms with Crippen molar-refractivity contribution in [1.82, 2.24) is 14.6 Å². The first kappa shape index (κ1) is 24.5. The standard InChI is InChI=1S/C29H29ClN6O2/c30-21-6-9-27-20(15-21)16-24(29(37)36(27)34-22(18-31)14-19-4-2-1-3-5-19)28-32-25-8-7-23(17-26(25)33-28)35-10-12-38-13-11-35/h1-9,15-17,22,34H,10-14,18,31H2,(H,32,33)/t22-/m0/s1. The molecule has 3 aromatic carbocycles. The van der Waals surface area contributed by atoms with Crippen LogP contribution in [0.25, 0.3) is 33.3 Å². The van der Waals surface area contributed by atoms with Crippen molar-refractivity contribution in [3.8, 4) is 11.4 Å². The van der Waals surface area contributed by atoms with Gasteiger partial charge in [0.05, 0.1) is 41.4 Å². The zero-order valence-corrected chi connectivity index (χ0v) is 21.6. The Hall–Kier alpha value is -3.85. The molecule has 4 N–H and O–H groups in total. The number of ether oxygens (including phenoxy) is 1. The van der Waals surface area contributed by atoms with Crippen molar-refractivity contribution < 1.29 is 4.74 Å². The van der Waals surface area contributed by atoms with Crippen LogP contribution in [-0.4, -0.2) is 53.5 Å². The van der Waals surface area contributed by atoms with Crippen LogP contribution in [0.15, 0.2) is 77.6 Å². The Morgan fingerprint density at radius 2 is 1.87 bits per heavy atom. The zero-order chi connectivity index (χ0) is 26.1. The van der Waals surface area contributed by atoms with Gasteiger partial charge in [-0.1, -0.05) is 41.9 Å². The molecule has 5 aromatic rings. The molecule has 0 spiro atoms. The number of aromatic nitrogens is 3. The monoisotopic (exact) mass is 528 g/mol. The Morgan fingerprint density at radius 3 is 2.66 bits per heavy atom. The first-order valence-electron chi connectivity index (χ1n) is 12.8. The summed E-state index contributed by atoms with van der Waals surface area (Å²) >= 11 is 6.34. The van der Waals surface area contributed by atoms with Crippen LogP contribution in [0, 0.1) is 0 Å². The lowest BCUT2D eigenvalue weighted by atomic mass is 10.1. The molecule has 3 heterocycles. The zero-order valence-electron chi connectivity index (χ0n) is 20.9. The second-order valence-electron chi connectivity index (χ2n) is 9.54. The number of H-pyrrole nitrogens is 1. The van der Waals surface area contributed by atoms with Gasteiger partial charge in [-0.3, -0.25) is 4.79 Å². The number of pyridine rings is 1. The number of nitrogens with two attached hydrogens (primary N) is 1. The lowest BCUT2D eigenvalue weighted by Gasteiger charge is -2.28. The number of morpholine rings is 1. The van der Waals surface area contributed by atoms with Crippen LogP contribution in [0.1, 0.15) is 5.56 Å². The van der Waals surface area contributed by atoms with Crippen molar-refractivity contribution in [3.05, 3.63) is 93.7 Å². The van der Waals surface area contributed by atoms with Gasteiger partial charge in [0.15, 0.2) is 0 Å². The summed E-state index contributed by atoms with van der Waals surface area (Å²) in [5.74, 6) is 0.508. The third-order valence-corrected chi connectivity index (χ3v) is 7.22. The third kappa shape index (κ3) is 4.86. The summed E-state index contributed by atoms with van der Waals surface area (Å²) in [5.41, 5.74) is 14.4. The van der Waals surface area contributed by atoms with E-state index in [1.807, 2.05) is 42.5 Å². The molecule has 9 heteroatoms. The number of hydrogen-bond donors (Lipinski definition) is 3. The van der Waals surface area contributed by atoms with E-state index in [2.05, 4.69) is 39.6 Å². The number of nitrogens with one attached hydrogen (secondary N) is 2. The number of rotatable bonds is 7. The molecule has 1 saturated heterocycles. The number of imidazole rings is 1. The summed E-state index contributed by atoms with van der Waals surface area (Å²) in [6.07, 6.45) is 0.679. The smallest absolute Gasteiger partial charge is 0.280 e. The van der Waals surface area contributed by atoms with E-state index in [4.69, 9.17) is 27.1 Å². The van der Waals surface area contributed by atoms with Gasteiger partial charge in [-0.05, 0) is 54.4 Å². The molecule has 194 valence electrons. The molecular weight excluding hydrogens is 500 g/mol. The van der Waals surface area contributed by atoms with Crippen molar-refractivity contribution in [2.45, 2.75) is 12.5 Å². The predicted molar refractivity (Wildman–Crippen MR) is 154 cm³/mol. The van der Waals surface area contributed by atoms with Crippen LogP contribution < -0.4 is 21.6 Å². The lowest BCUT2D eigenvalue weighted by molar-refractivity contribution is 0.122. The van der Waals surface area contributed by atoms with Crippen molar-refractivity contribution in [2.75, 3.05) is 43.2 Å². The molecule has 8 nitrogen and oxygen atoms in total. The molecule has 0 saturated carbocycles. The average molecular weight is 529 g/mol. The fourth-order valence-corrected chi connectivity index (χ4v) is 5.18. The summed E-state index contributed by atoms with van der Waals surface area (Å²) in [6.45, 7) is 3.48. The summed E-state index contributed by atoms with van der Waals surface area (Å²) in [6, 6.07) is 23.4. The Bertz CT molecular complexity index is 1640. The maximum Gasteiger partial charge on any atom is 0.280 e. The first-order valence-corrected chi connectivity index (χ1v) is 13.2. The summed E-state index contributed by atoms with van der Waals surface area (Å²) in [4.78, 5) is 24.3. The molecule has 6 rings (SSSR count). The quantitative estimate of drug-likeness (QED) is 0.293. The fraction of sp³-hybridized carbons (Fsp3) is 0.241. The Labute approximate surface area is 225 Å². The van der Waals surface area contributed by atoms with E-state index in [0.29, 0.717) is 42.6 Å². The number of benzene rings is 3. The van der Waals surface area contributed by atoms with Gasteiger partial charge in [0, 0.05) is 35.7 Å². The molecule has 0 aliphatic carbocycles. The maximum atomic E-state index is 13.9. The van der Waals surface area contributed by atoms with Gasteiger partial charge in [-0.15, -0.1) is 0 Å². The molecular formula is C29H29ClN6O2. The molecule has 1 fully saturated rings. The van der Waals surface area contributed by atoms with E-state index in [0.717, 1.165) is 46.3 Å². The van der Waals surface area contributed by atoms with Crippen molar-refractivity contribution in [3.63, 3.8) is 0 Å². The van der Waals surface area contributed by atoms with E-state index in [9.17, 15) is 4.79 Å². The van der Waals surface area contributed by atoms with Crippen molar-refractivity contribution in [1.29, 1.82) is 0 Å². The SMILES string of the molecule is NC[C@H](Cc1ccccc1)Nn1c(=O)c(-c2nc3ccc(N4CCOCC4)cc3[nH]2)cc2cc(Cl)ccc21. The Morgan fingerprint density at radius 1 is 1.05 bits per heavy atom. The van der Waals surface area contributed by atoms with Crippen LogP contribution in [-0.2, 0) is 11.2 Å².